The molecule has 1 aliphatic rings. The van der Waals surface area contributed by atoms with Crippen LogP contribution in [0.1, 0.15) is 46.1 Å². The molecule has 1 fully saturated rings. The highest BCUT2D eigenvalue weighted by molar-refractivity contribution is 5.06. The fourth-order valence-electron chi connectivity index (χ4n) is 2.21. The van der Waals surface area contributed by atoms with Gasteiger partial charge in [0.25, 0.3) is 0 Å². The van der Waals surface area contributed by atoms with Crippen LogP contribution in [0.25, 0.3) is 0 Å². The second-order valence-corrected chi connectivity index (χ2v) is 6.53. The minimum absolute atomic E-state index is 0.0517. The third-order valence-corrected chi connectivity index (χ3v) is 3.48. The zero-order valence-corrected chi connectivity index (χ0v) is 12.0. The molecule has 1 unspecified atom stereocenters. The molecule has 0 aromatic carbocycles. The van der Waals surface area contributed by atoms with E-state index in [2.05, 4.69) is 44.3 Å². The smallest absolute Gasteiger partial charge is 0.0645 e. The summed E-state index contributed by atoms with van der Waals surface area (Å²) in [6, 6.07) is 0. The normalized spacial score (nSPS) is 25.3. The van der Waals surface area contributed by atoms with Crippen LogP contribution in [0, 0.1) is 0 Å². The van der Waals surface area contributed by atoms with E-state index in [1.54, 1.807) is 0 Å². The zero-order chi connectivity index (χ0) is 13.2. The van der Waals surface area contributed by atoms with E-state index >= 15 is 0 Å². The molecule has 1 N–H and O–H groups in total. The number of ether oxygens (including phenoxy) is 1. The van der Waals surface area contributed by atoms with Gasteiger partial charge in [0.05, 0.1) is 18.3 Å². The van der Waals surface area contributed by atoms with Gasteiger partial charge in [-0.05, 0) is 40.5 Å². The first kappa shape index (κ1) is 13.6. The zero-order valence-electron chi connectivity index (χ0n) is 12.0. The van der Waals surface area contributed by atoms with E-state index in [-0.39, 0.29) is 11.1 Å². The number of nitrogens with zero attached hydrogens (tertiary/aromatic N) is 2. The summed E-state index contributed by atoms with van der Waals surface area (Å²) in [6.07, 6.45) is 6.40. The molecule has 4 nitrogen and oxygen atoms in total. The van der Waals surface area contributed by atoms with Gasteiger partial charge >= 0.3 is 0 Å². The fourth-order valence-corrected chi connectivity index (χ4v) is 2.21. The molecule has 102 valence electrons. The molecule has 1 aliphatic heterocycles. The van der Waals surface area contributed by atoms with Crippen molar-refractivity contribution in [1.29, 1.82) is 0 Å². The first-order valence-electron chi connectivity index (χ1n) is 6.76. The molecule has 2 rings (SSSR count). The largest absolute Gasteiger partial charge is 0.380 e. The van der Waals surface area contributed by atoms with Gasteiger partial charge in [0.1, 0.15) is 0 Å². The van der Waals surface area contributed by atoms with E-state index in [0.29, 0.717) is 0 Å². The lowest BCUT2D eigenvalue weighted by Crippen LogP contribution is -2.48. The van der Waals surface area contributed by atoms with Crippen LogP contribution in [0.15, 0.2) is 12.4 Å². The molecule has 0 spiro atoms. The average Bonchev–Trinajstić information content (AvgIpc) is 2.76. The number of nitrogens with one attached hydrogen (secondary N) is 1. The predicted octanol–water partition coefficient (Wildman–Crippen LogP) is 2.30. The molecule has 1 atom stereocenters. The van der Waals surface area contributed by atoms with Gasteiger partial charge in [0, 0.05) is 30.5 Å². The summed E-state index contributed by atoms with van der Waals surface area (Å²) in [6.45, 7) is 11.3. The molecule has 0 aliphatic carbocycles. The lowest BCUT2D eigenvalue weighted by Gasteiger charge is -2.34. The van der Waals surface area contributed by atoms with E-state index in [1.807, 2.05) is 10.9 Å². The molecular weight excluding hydrogens is 226 g/mol. The molecule has 0 saturated carbocycles. The average molecular weight is 251 g/mol. The summed E-state index contributed by atoms with van der Waals surface area (Å²) in [5.41, 5.74) is 1.40. The maximum Gasteiger partial charge on any atom is 0.0645 e. The topological polar surface area (TPSA) is 39.1 Å². The third-order valence-electron chi connectivity index (χ3n) is 3.48. The molecular formula is C14H25N3O. The van der Waals surface area contributed by atoms with Crippen LogP contribution < -0.4 is 5.32 Å². The maximum atomic E-state index is 5.55. The van der Waals surface area contributed by atoms with E-state index in [4.69, 9.17) is 4.74 Å². The van der Waals surface area contributed by atoms with Crippen molar-refractivity contribution in [2.75, 3.05) is 13.2 Å². The first-order valence-corrected chi connectivity index (χ1v) is 6.76. The Morgan fingerprint density at radius 1 is 1.50 bits per heavy atom. The standard InChI is InChI=1S/C14H25N3O/c1-13(2,3)17-10-12(9-16-17)8-15-14(4)6-5-7-18-11-14/h9-10,15H,5-8,11H2,1-4H3. The molecule has 1 aromatic rings. The van der Waals surface area contributed by atoms with Gasteiger partial charge in [-0.3, -0.25) is 4.68 Å². The molecule has 1 saturated heterocycles. The Hall–Kier alpha value is -0.870. The van der Waals surface area contributed by atoms with Gasteiger partial charge in [-0.1, -0.05) is 0 Å². The summed E-state index contributed by atoms with van der Waals surface area (Å²) in [4.78, 5) is 0. The second kappa shape index (κ2) is 5.02. The van der Waals surface area contributed by atoms with Crippen molar-refractivity contribution < 1.29 is 4.74 Å². The van der Waals surface area contributed by atoms with Crippen LogP contribution in [-0.2, 0) is 16.8 Å². The van der Waals surface area contributed by atoms with Crippen LogP contribution in [0.3, 0.4) is 0 Å². The van der Waals surface area contributed by atoms with Gasteiger partial charge in [0.15, 0.2) is 0 Å². The Labute approximate surface area is 110 Å². The van der Waals surface area contributed by atoms with Gasteiger partial charge in [0.2, 0.25) is 0 Å². The Kier molecular flexibility index (Phi) is 3.78. The minimum Gasteiger partial charge on any atom is -0.380 e. The van der Waals surface area contributed by atoms with Gasteiger partial charge < -0.3 is 10.1 Å². The molecule has 4 heteroatoms. The van der Waals surface area contributed by atoms with Crippen molar-refractivity contribution in [1.82, 2.24) is 15.1 Å². The van der Waals surface area contributed by atoms with Crippen LogP contribution in [0.5, 0.6) is 0 Å². The van der Waals surface area contributed by atoms with E-state index in [1.165, 1.54) is 12.0 Å². The summed E-state index contributed by atoms with van der Waals surface area (Å²) in [5, 5.41) is 8.02. The maximum absolute atomic E-state index is 5.55. The van der Waals surface area contributed by atoms with Crippen LogP contribution in [-0.4, -0.2) is 28.5 Å². The Bertz CT molecular complexity index is 386. The summed E-state index contributed by atoms with van der Waals surface area (Å²) < 4.78 is 7.57. The van der Waals surface area contributed by atoms with Crippen molar-refractivity contribution in [3.8, 4) is 0 Å². The number of hydrogen-bond acceptors (Lipinski definition) is 3. The first-order chi connectivity index (χ1) is 8.39. The predicted molar refractivity (Wildman–Crippen MR) is 72.5 cm³/mol. The molecule has 0 radical (unpaired) electrons. The van der Waals surface area contributed by atoms with Crippen molar-refractivity contribution in [2.24, 2.45) is 0 Å². The van der Waals surface area contributed by atoms with E-state index in [9.17, 15) is 0 Å². The molecule has 18 heavy (non-hydrogen) atoms. The van der Waals surface area contributed by atoms with Crippen LogP contribution >= 0.6 is 0 Å². The van der Waals surface area contributed by atoms with Gasteiger partial charge in [-0.25, -0.2) is 0 Å². The van der Waals surface area contributed by atoms with Crippen molar-refractivity contribution in [3.05, 3.63) is 18.0 Å². The summed E-state index contributed by atoms with van der Waals surface area (Å²) in [5.74, 6) is 0. The van der Waals surface area contributed by atoms with Crippen molar-refractivity contribution in [3.63, 3.8) is 0 Å². The highest BCUT2D eigenvalue weighted by Gasteiger charge is 2.26. The third kappa shape index (κ3) is 3.33. The number of rotatable bonds is 3. The van der Waals surface area contributed by atoms with Crippen LogP contribution in [0.4, 0.5) is 0 Å². The monoisotopic (exact) mass is 251 g/mol. The van der Waals surface area contributed by atoms with E-state index < -0.39 is 0 Å². The Balaban J connectivity index is 1.92. The summed E-state index contributed by atoms with van der Waals surface area (Å²) >= 11 is 0. The Morgan fingerprint density at radius 2 is 2.28 bits per heavy atom. The quantitative estimate of drug-likeness (QED) is 0.896. The number of hydrogen-bond donors (Lipinski definition) is 1. The molecule has 2 heterocycles. The SMILES string of the molecule is CC1(NCc2cnn(C(C)(C)C)c2)CCCOC1. The van der Waals surface area contributed by atoms with Crippen LogP contribution in [0.2, 0.25) is 0 Å². The molecule has 0 bridgehead atoms. The molecule has 1 aromatic heterocycles. The van der Waals surface area contributed by atoms with E-state index in [0.717, 1.165) is 26.2 Å². The minimum atomic E-state index is 0.0517. The number of aromatic nitrogens is 2. The lowest BCUT2D eigenvalue weighted by atomic mass is 9.95. The Morgan fingerprint density at radius 3 is 2.83 bits per heavy atom. The fraction of sp³-hybridized carbons (Fsp3) is 0.786. The summed E-state index contributed by atoms with van der Waals surface area (Å²) in [7, 11) is 0. The second-order valence-electron chi connectivity index (χ2n) is 6.53. The van der Waals surface area contributed by atoms with Gasteiger partial charge in [-0.15, -0.1) is 0 Å². The molecule has 0 amide bonds. The highest BCUT2D eigenvalue weighted by atomic mass is 16.5. The van der Waals surface area contributed by atoms with Crippen molar-refractivity contribution >= 4 is 0 Å². The van der Waals surface area contributed by atoms with Gasteiger partial charge in [-0.2, -0.15) is 5.10 Å². The van der Waals surface area contributed by atoms with Crippen molar-refractivity contribution in [2.45, 2.75) is 58.2 Å². The highest BCUT2D eigenvalue weighted by Crippen LogP contribution is 2.19. The lowest BCUT2D eigenvalue weighted by molar-refractivity contribution is 0.0278.